The molecule has 7 heteroatoms. The van der Waals surface area contributed by atoms with Crippen LogP contribution in [-0.2, 0) is 9.47 Å². The fourth-order valence-electron chi connectivity index (χ4n) is 3.16. The molecule has 0 unspecified atom stereocenters. The van der Waals surface area contributed by atoms with Crippen LogP contribution in [-0.4, -0.2) is 49.6 Å². The van der Waals surface area contributed by atoms with E-state index >= 15 is 0 Å². The molecule has 1 amide bonds. The highest BCUT2D eigenvalue weighted by atomic mass is 16.7. The molecule has 1 N–H and O–H groups in total. The Morgan fingerprint density at radius 3 is 2.54 bits per heavy atom. The smallest absolute Gasteiger partial charge is 0.251 e. The van der Waals surface area contributed by atoms with Crippen LogP contribution in [0.1, 0.15) is 21.7 Å². The standard InChI is InChI=1S/C21H25N3O4/c1-13-6-9-19(26-3)18(10-13)24-14(2)23-16-11-15(7-8-17(16)24)21(25)22-12-20(27-4)28-5/h6-11,20H,12H2,1-5H3,(H,22,25). The molecule has 0 atom stereocenters. The number of fused-ring (bicyclic) bond motifs is 1. The Hall–Kier alpha value is -2.90. The topological polar surface area (TPSA) is 74.6 Å². The van der Waals surface area contributed by atoms with Crippen molar-refractivity contribution in [2.24, 2.45) is 0 Å². The molecule has 0 aliphatic rings. The van der Waals surface area contributed by atoms with Gasteiger partial charge in [0.1, 0.15) is 11.6 Å². The van der Waals surface area contributed by atoms with Crippen LogP contribution >= 0.6 is 0 Å². The molecule has 148 valence electrons. The summed E-state index contributed by atoms with van der Waals surface area (Å²) in [6.07, 6.45) is -0.483. The number of hydrogen-bond donors (Lipinski definition) is 1. The number of ether oxygens (including phenoxy) is 3. The zero-order chi connectivity index (χ0) is 20.3. The number of imidazole rings is 1. The summed E-state index contributed by atoms with van der Waals surface area (Å²) in [5, 5.41) is 2.80. The monoisotopic (exact) mass is 383 g/mol. The van der Waals surface area contributed by atoms with Crippen LogP contribution < -0.4 is 10.1 Å². The third kappa shape index (κ3) is 3.85. The molecule has 28 heavy (non-hydrogen) atoms. The minimum absolute atomic E-state index is 0.207. The second-order valence-corrected chi connectivity index (χ2v) is 6.48. The van der Waals surface area contributed by atoms with E-state index in [1.54, 1.807) is 19.2 Å². The largest absolute Gasteiger partial charge is 0.495 e. The molecular weight excluding hydrogens is 358 g/mol. The number of carbonyl (C=O) groups is 1. The van der Waals surface area contributed by atoms with Crippen LogP contribution in [0.4, 0.5) is 0 Å². The summed E-state index contributed by atoms with van der Waals surface area (Å²) in [4.78, 5) is 17.1. The summed E-state index contributed by atoms with van der Waals surface area (Å²) in [7, 11) is 4.71. The first kappa shape index (κ1) is 19.9. The van der Waals surface area contributed by atoms with Crippen molar-refractivity contribution in [2.75, 3.05) is 27.9 Å². The van der Waals surface area contributed by atoms with Gasteiger partial charge in [0, 0.05) is 19.8 Å². The molecular formula is C21H25N3O4. The first-order valence-electron chi connectivity index (χ1n) is 8.96. The summed E-state index contributed by atoms with van der Waals surface area (Å²) < 4.78 is 17.7. The number of hydrogen-bond acceptors (Lipinski definition) is 5. The van der Waals surface area contributed by atoms with E-state index in [4.69, 9.17) is 14.2 Å². The molecule has 7 nitrogen and oxygen atoms in total. The average Bonchev–Trinajstić information content (AvgIpc) is 3.03. The third-order valence-electron chi connectivity index (χ3n) is 4.61. The van der Waals surface area contributed by atoms with Crippen LogP contribution in [0, 0.1) is 13.8 Å². The van der Waals surface area contributed by atoms with Gasteiger partial charge < -0.3 is 19.5 Å². The Labute approximate surface area is 164 Å². The van der Waals surface area contributed by atoms with E-state index in [9.17, 15) is 4.79 Å². The summed E-state index contributed by atoms with van der Waals surface area (Å²) in [6, 6.07) is 11.5. The van der Waals surface area contributed by atoms with Crippen molar-refractivity contribution in [3.8, 4) is 11.4 Å². The number of methoxy groups -OCH3 is 3. The van der Waals surface area contributed by atoms with Gasteiger partial charge in [0.25, 0.3) is 5.91 Å². The molecule has 0 spiro atoms. The van der Waals surface area contributed by atoms with Crippen LogP contribution in [0.3, 0.4) is 0 Å². The number of carbonyl (C=O) groups excluding carboxylic acids is 1. The zero-order valence-electron chi connectivity index (χ0n) is 16.8. The maximum atomic E-state index is 12.5. The van der Waals surface area contributed by atoms with Gasteiger partial charge in [-0.1, -0.05) is 6.07 Å². The summed E-state index contributed by atoms with van der Waals surface area (Å²) in [5.41, 5.74) is 4.22. The lowest BCUT2D eigenvalue weighted by atomic mass is 10.1. The minimum atomic E-state index is -0.483. The SMILES string of the molecule is COc1ccc(C)cc1-n1c(C)nc2cc(C(=O)NCC(OC)OC)ccc21. The van der Waals surface area contributed by atoms with Gasteiger partial charge in [-0.25, -0.2) is 4.98 Å². The average molecular weight is 383 g/mol. The maximum absolute atomic E-state index is 12.5. The molecule has 0 radical (unpaired) electrons. The molecule has 0 saturated carbocycles. The van der Waals surface area contributed by atoms with Gasteiger partial charge in [0.2, 0.25) is 0 Å². The molecule has 2 aromatic carbocycles. The van der Waals surface area contributed by atoms with E-state index in [0.29, 0.717) is 5.56 Å². The van der Waals surface area contributed by atoms with Crippen molar-refractivity contribution in [3.63, 3.8) is 0 Å². The van der Waals surface area contributed by atoms with E-state index in [-0.39, 0.29) is 12.5 Å². The lowest BCUT2D eigenvalue weighted by Crippen LogP contribution is -2.34. The Bertz CT molecular complexity index is 993. The number of nitrogens with zero attached hydrogens (tertiary/aromatic N) is 2. The molecule has 0 saturated heterocycles. The van der Waals surface area contributed by atoms with Crippen LogP contribution in [0.5, 0.6) is 5.75 Å². The normalized spacial score (nSPS) is 11.2. The minimum Gasteiger partial charge on any atom is -0.495 e. The lowest BCUT2D eigenvalue weighted by Gasteiger charge is -2.14. The number of aryl methyl sites for hydroxylation is 2. The Morgan fingerprint density at radius 1 is 1.11 bits per heavy atom. The van der Waals surface area contributed by atoms with Crippen molar-refractivity contribution < 1.29 is 19.0 Å². The second-order valence-electron chi connectivity index (χ2n) is 6.48. The van der Waals surface area contributed by atoms with Crippen LogP contribution in [0.15, 0.2) is 36.4 Å². The third-order valence-corrected chi connectivity index (χ3v) is 4.61. The molecule has 0 aliphatic carbocycles. The van der Waals surface area contributed by atoms with Crippen LogP contribution in [0.2, 0.25) is 0 Å². The highest BCUT2D eigenvalue weighted by Crippen LogP contribution is 2.29. The van der Waals surface area contributed by atoms with Crippen LogP contribution in [0.25, 0.3) is 16.7 Å². The van der Waals surface area contributed by atoms with E-state index in [2.05, 4.69) is 16.4 Å². The van der Waals surface area contributed by atoms with Gasteiger partial charge in [0.05, 0.1) is 30.4 Å². The van der Waals surface area contributed by atoms with Gasteiger partial charge in [-0.05, 0) is 49.7 Å². The van der Waals surface area contributed by atoms with Gasteiger partial charge in [-0.3, -0.25) is 9.36 Å². The highest BCUT2D eigenvalue weighted by molar-refractivity contribution is 5.97. The number of nitrogens with one attached hydrogen (secondary N) is 1. The van der Waals surface area contributed by atoms with Crippen molar-refractivity contribution >= 4 is 16.9 Å². The van der Waals surface area contributed by atoms with Crippen molar-refractivity contribution in [1.29, 1.82) is 0 Å². The Balaban J connectivity index is 1.96. The molecule has 0 bridgehead atoms. The molecule has 3 rings (SSSR count). The van der Waals surface area contributed by atoms with Gasteiger partial charge in [-0.2, -0.15) is 0 Å². The Kier molecular flexibility index (Phi) is 5.96. The van der Waals surface area contributed by atoms with Gasteiger partial charge in [-0.15, -0.1) is 0 Å². The van der Waals surface area contributed by atoms with E-state index in [0.717, 1.165) is 33.9 Å². The van der Waals surface area contributed by atoms with E-state index in [1.165, 1.54) is 14.2 Å². The quantitative estimate of drug-likeness (QED) is 0.635. The molecule has 1 aromatic heterocycles. The van der Waals surface area contributed by atoms with E-state index in [1.807, 2.05) is 36.6 Å². The van der Waals surface area contributed by atoms with Gasteiger partial charge >= 0.3 is 0 Å². The van der Waals surface area contributed by atoms with Crippen molar-refractivity contribution in [1.82, 2.24) is 14.9 Å². The molecule has 0 fully saturated rings. The molecule has 0 aliphatic heterocycles. The number of rotatable bonds is 7. The predicted molar refractivity (Wildman–Crippen MR) is 107 cm³/mol. The number of aromatic nitrogens is 2. The van der Waals surface area contributed by atoms with Gasteiger partial charge in [0.15, 0.2) is 6.29 Å². The summed E-state index contributed by atoms with van der Waals surface area (Å²) in [6.45, 7) is 4.23. The number of benzene rings is 2. The fraction of sp³-hybridized carbons (Fsp3) is 0.333. The molecule has 1 heterocycles. The number of amides is 1. The molecule has 3 aromatic rings. The first-order valence-corrected chi connectivity index (χ1v) is 8.96. The first-order chi connectivity index (χ1) is 13.5. The van der Waals surface area contributed by atoms with Crippen molar-refractivity contribution in [2.45, 2.75) is 20.1 Å². The lowest BCUT2D eigenvalue weighted by molar-refractivity contribution is -0.0974. The summed E-state index contributed by atoms with van der Waals surface area (Å²) >= 11 is 0. The Morgan fingerprint density at radius 2 is 1.86 bits per heavy atom. The zero-order valence-corrected chi connectivity index (χ0v) is 16.8. The maximum Gasteiger partial charge on any atom is 0.251 e. The highest BCUT2D eigenvalue weighted by Gasteiger charge is 2.16. The van der Waals surface area contributed by atoms with Crippen molar-refractivity contribution in [3.05, 3.63) is 53.3 Å². The summed E-state index contributed by atoms with van der Waals surface area (Å²) in [5.74, 6) is 1.37. The fourth-order valence-corrected chi connectivity index (χ4v) is 3.16. The van der Waals surface area contributed by atoms with E-state index < -0.39 is 6.29 Å². The predicted octanol–water partition coefficient (Wildman–Crippen LogP) is 3.00. The second kappa shape index (κ2) is 8.41.